The summed E-state index contributed by atoms with van der Waals surface area (Å²) >= 11 is 0. The molecular weight excluding hydrogens is 566 g/mol. The van der Waals surface area contributed by atoms with Gasteiger partial charge in [-0.05, 0) is 60.2 Å². The molecule has 2 N–H and O–H groups in total. The molecule has 12 heteroatoms. The highest BCUT2D eigenvalue weighted by Crippen LogP contribution is 2.29. The first-order valence-corrected chi connectivity index (χ1v) is 13.0. The molecule has 0 fully saturated rings. The van der Waals surface area contributed by atoms with E-state index in [2.05, 4.69) is 15.3 Å². The lowest BCUT2D eigenvalue weighted by atomic mass is 10.0. The van der Waals surface area contributed by atoms with Crippen LogP contribution in [0.2, 0.25) is 0 Å². The van der Waals surface area contributed by atoms with Gasteiger partial charge in [0.2, 0.25) is 0 Å². The average Bonchev–Trinajstić information content (AvgIpc) is 3.33. The number of rotatable bonds is 10. The van der Waals surface area contributed by atoms with Gasteiger partial charge in [-0.1, -0.05) is 6.07 Å². The third kappa shape index (κ3) is 6.17. The van der Waals surface area contributed by atoms with E-state index >= 15 is 8.78 Å². The normalized spacial score (nSPS) is 11.1. The number of methoxy groups -OCH3 is 1. The summed E-state index contributed by atoms with van der Waals surface area (Å²) in [4.78, 5) is 20.1. The van der Waals surface area contributed by atoms with E-state index in [0.29, 0.717) is 23.4 Å². The van der Waals surface area contributed by atoms with Crippen LogP contribution in [-0.4, -0.2) is 39.3 Å². The number of aromatic nitrogens is 3. The van der Waals surface area contributed by atoms with Crippen LogP contribution in [-0.2, 0) is 24.2 Å². The first-order valence-electron chi connectivity index (χ1n) is 13.0. The second-order valence-electron chi connectivity index (χ2n) is 9.58. The summed E-state index contributed by atoms with van der Waals surface area (Å²) in [6.07, 6.45) is -0.108. The molecule has 0 aliphatic carbocycles. The molecular formula is C31H23F4N5O3. The van der Waals surface area contributed by atoms with Crippen LogP contribution in [0.4, 0.5) is 23.4 Å². The molecule has 0 radical (unpaired) electrons. The van der Waals surface area contributed by atoms with Crippen LogP contribution in [0.15, 0.2) is 60.7 Å². The zero-order valence-corrected chi connectivity index (χ0v) is 22.7. The number of ether oxygens (including phenoxy) is 1. The average molecular weight is 590 g/mol. The Morgan fingerprint density at radius 3 is 2.47 bits per heavy atom. The standard InChI is InChI=1S/C31H23F4N5O3/c1-43-9-8-40-28-12-18(31(41)42)4-6-27(28)38-29(40)13-20-11-25(35)21(14-24(20)34)26-7-5-22(32)30(39-26)37-16-19-3-2-17(15-36)10-23(19)33/h2-7,10-12,14H,8-9,13,16H2,1H3,(H,37,39)(H,41,42). The number of hydrogen-bond donors (Lipinski definition) is 2. The van der Waals surface area contributed by atoms with Crippen molar-refractivity contribution in [2.75, 3.05) is 19.0 Å². The van der Waals surface area contributed by atoms with Crippen molar-refractivity contribution in [3.05, 3.63) is 112 Å². The number of nitriles is 1. The third-order valence-corrected chi connectivity index (χ3v) is 6.83. The van der Waals surface area contributed by atoms with Gasteiger partial charge in [-0.25, -0.2) is 32.3 Å². The number of carboxylic acid groups (broad SMARTS) is 1. The SMILES string of the molecule is COCCn1c(Cc2cc(F)c(-c3ccc(F)c(NCc4ccc(C#N)cc4F)n3)cc2F)nc2ccc(C(=O)O)cc21. The Balaban J connectivity index is 1.43. The van der Waals surface area contributed by atoms with Gasteiger partial charge in [-0.2, -0.15) is 5.26 Å². The summed E-state index contributed by atoms with van der Waals surface area (Å²) in [6.45, 7) is 0.407. The van der Waals surface area contributed by atoms with Crippen LogP contribution < -0.4 is 5.32 Å². The number of nitrogens with one attached hydrogen (secondary N) is 1. The molecule has 0 spiro atoms. The number of pyridine rings is 1. The predicted molar refractivity (Wildman–Crippen MR) is 149 cm³/mol. The van der Waals surface area contributed by atoms with Gasteiger partial charge in [-0.3, -0.25) is 0 Å². The van der Waals surface area contributed by atoms with Crippen molar-refractivity contribution in [1.29, 1.82) is 5.26 Å². The number of halogens is 4. The quantitative estimate of drug-likeness (QED) is 0.190. The van der Waals surface area contributed by atoms with Gasteiger partial charge >= 0.3 is 5.97 Å². The van der Waals surface area contributed by atoms with Crippen molar-refractivity contribution in [2.45, 2.75) is 19.5 Å². The molecule has 2 heterocycles. The van der Waals surface area contributed by atoms with Gasteiger partial charge < -0.3 is 19.7 Å². The number of aromatic carboxylic acids is 1. The highest BCUT2D eigenvalue weighted by atomic mass is 19.1. The lowest BCUT2D eigenvalue weighted by molar-refractivity contribution is 0.0697. The Morgan fingerprint density at radius 2 is 1.74 bits per heavy atom. The van der Waals surface area contributed by atoms with Crippen LogP contribution in [0.3, 0.4) is 0 Å². The Kier molecular flexibility index (Phi) is 8.36. The van der Waals surface area contributed by atoms with Crippen molar-refractivity contribution in [1.82, 2.24) is 14.5 Å². The van der Waals surface area contributed by atoms with Crippen LogP contribution in [0.25, 0.3) is 22.3 Å². The largest absolute Gasteiger partial charge is 0.478 e. The minimum absolute atomic E-state index is 0.00886. The van der Waals surface area contributed by atoms with E-state index in [1.165, 1.54) is 37.4 Å². The number of carboxylic acids is 1. The van der Waals surface area contributed by atoms with E-state index in [1.54, 1.807) is 10.6 Å². The molecule has 8 nitrogen and oxygen atoms in total. The van der Waals surface area contributed by atoms with Crippen molar-refractivity contribution < 1.29 is 32.2 Å². The van der Waals surface area contributed by atoms with Crippen LogP contribution in [0.5, 0.6) is 0 Å². The lowest BCUT2D eigenvalue weighted by Crippen LogP contribution is -2.10. The van der Waals surface area contributed by atoms with Gasteiger partial charge in [-0.15, -0.1) is 0 Å². The van der Waals surface area contributed by atoms with E-state index in [1.807, 2.05) is 6.07 Å². The highest BCUT2D eigenvalue weighted by molar-refractivity contribution is 5.92. The molecule has 3 aromatic carbocycles. The zero-order valence-electron chi connectivity index (χ0n) is 22.7. The van der Waals surface area contributed by atoms with E-state index in [4.69, 9.17) is 10.00 Å². The van der Waals surface area contributed by atoms with Gasteiger partial charge in [0.05, 0.1) is 40.5 Å². The molecule has 0 saturated heterocycles. The number of anilines is 1. The lowest BCUT2D eigenvalue weighted by Gasteiger charge is -2.12. The predicted octanol–water partition coefficient (Wildman–Crippen LogP) is 6.07. The molecule has 0 amide bonds. The Morgan fingerprint density at radius 1 is 0.953 bits per heavy atom. The molecule has 0 atom stereocenters. The molecule has 5 aromatic rings. The summed E-state index contributed by atoms with van der Waals surface area (Å²) in [5.41, 5.74) is 1.07. The number of carbonyl (C=O) groups is 1. The second kappa shape index (κ2) is 12.3. The number of nitrogens with zero attached hydrogens (tertiary/aromatic N) is 4. The fraction of sp³-hybridized carbons (Fsp3) is 0.161. The maximum atomic E-state index is 15.4. The molecule has 0 aliphatic heterocycles. The summed E-state index contributed by atoms with van der Waals surface area (Å²) in [6, 6.07) is 14.3. The summed E-state index contributed by atoms with van der Waals surface area (Å²) < 4.78 is 66.3. The number of imidazole rings is 1. The summed E-state index contributed by atoms with van der Waals surface area (Å²) in [7, 11) is 1.50. The fourth-order valence-electron chi connectivity index (χ4n) is 4.62. The van der Waals surface area contributed by atoms with Crippen LogP contribution >= 0.6 is 0 Å². The van der Waals surface area contributed by atoms with E-state index in [0.717, 1.165) is 24.3 Å². The zero-order chi connectivity index (χ0) is 30.7. The van der Waals surface area contributed by atoms with E-state index in [-0.39, 0.29) is 58.9 Å². The van der Waals surface area contributed by atoms with Crippen LogP contribution in [0.1, 0.15) is 32.9 Å². The van der Waals surface area contributed by atoms with E-state index in [9.17, 15) is 18.7 Å². The van der Waals surface area contributed by atoms with E-state index < -0.39 is 29.2 Å². The Bertz CT molecular complexity index is 1900. The molecule has 5 rings (SSSR count). The smallest absolute Gasteiger partial charge is 0.335 e. The highest BCUT2D eigenvalue weighted by Gasteiger charge is 2.19. The Labute approximate surface area is 242 Å². The minimum Gasteiger partial charge on any atom is -0.478 e. The fourth-order valence-corrected chi connectivity index (χ4v) is 4.62. The first-order chi connectivity index (χ1) is 20.7. The topological polar surface area (TPSA) is 113 Å². The molecule has 0 bridgehead atoms. The molecule has 218 valence electrons. The van der Waals surface area contributed by atoms with Gasteiger partial charge in [0.25, 0.3) is 0 Å². The second-order valence-corrected chi connectivity index (χ2v) is 9.58. The summed E-state index contributed by atoms with van der Waals surface area (Å²) in [5.74, 6) is -4.04. The maximum Gasteiger partial charge on any atom is 0.335 e. The summed E-state index contributed by atoms with van der Waals surface area (Å²) in [5, 5.41) is 20.9. The van der Waals surface area contributed by atoms with Gasteiger partial charge in [0.1, 0.15) is 23.3 Å². The molecule has 2 aromatic heterocycles. The van der Waals surface area contributed by atoms with Crippen LogP contribution in [0, 0.1) is 34.6 Å². The Hall–Kier alpha value is -5.28. The third-order valence-electron chi connectivity index (χ3n) is 6.83. The number of benzene rings is 3. The van der Waals surface area contributed by atoms with Gasteiger partial charge in [0, 0.05) is 37.7 Å². The minimum atomic E-state index is -1.11. The van der Waals surface area contributed by atoms with Crippen molar-refractivity contribution in [3.63, 3.8) is 0 Å². The molecule has 0 unspecified atom stereocenters. The maximum absolute atomic E-state index is 15.4. The first kappa shape index (κ1) is 29.2. The molecule has 0 saturated carbocycles. The molecule has 43 heavy (non-hydrogen) atoms. The van der Waals surface area contributed by atoms with Crippen molar-refractivity contribution >= 4 is 22.8 Å². The number of hydrogen-bond acceptors (Lipinski definition) is 6. The van der Waals surface area contributed by atoms with Crippen molar-refractivity contribution in [2.24, 2.45) is 0 Å². The van der Waals surface area contributed by atoms with Gasteiger partial charge in [0.15, 0.2) is 11.6 Å². The van der Waals surface area contributed by atoms with Crippen molar-refractivity contribution in [3.8, 4) is 17.3 Å². The molecule has 0 aliphatic rings. The number of fused-ring (bicyclic) bond motifs is 1. The monoisotopic (exact) mass is 589 g/mol.